The minimum absolute atomic E-state index is 0.208. The fourth-order valence-electron chi connectivity index (χ4n) is 3.49. The molecule has 1 saturated carbocycles. The summed E-state index contributed by atoms with van der Waals surface area (Å²) in [6.07, 6.45) is 4.76. The van der Waals surface area contributed by atoms with E-state index in [-0.39, 0.29) is 17.7 Å². The number of fused-ring (bicyclic) bond motifs is 1. The van der Waals surface area contributed by atoms with Gasteiger partial charge in [0, 0.05) is 12.1 Å². The summed E-state index contributed by atoms with van der Waals surface area (Å²) in [5, 5.41) is 6.52. The van der Waals surface area contributed by atoms with Crippen molar-refractivity contribution >= 4 is 11.6 Å². The average Bonchev–Trinajstić information content (AvgIpc) is 3.36. The summed E-state index contributed by atoms with van der Waals surface area (Å²) in [7, 11) is 2.95. The monoisotopic (exact) mass is 403 g/mol. The van der Waals surface area contributed by atoms with Gasteiger partial charge in [0.25, 0.3) is 5.91 Å². The van der Waals surface area contributed by atoms with Crippen molar-refractivity contribution in [2.45, 2.75) is 38.1 Å². The van der Waals surface area contributed by atoms with Crippen LogP contribution in [0.3, 0.4) is 0 Å². The summed E-state index contributed by atoms with van der Waals surface area (Å²) < 4.78 is 28.5. The fourth-order valence-corrected chi connectivity index (χ4v) is 3.49. The molecule has 156 valence electrons. The molecule has 1 aliphatic heterocycles. The second-order valence-electron chi connectivity index (χ2n) is 6.83. The Morgan fingerprint density at radius 1 is 1.17 bits per heavy atom. The van der Waals surface area contributed by atoms with E-state index in [0.717, 1.165) is 11.4 Å². The van der Waals surface area contributed by atoms with Crippen LogP contribution in [-0.4, -0.2) is 32.5 Å². The van der Waals surface area contributed by atoms with Crippen molar-refractivity contribution in [2.24, 2.45) is 5.73 Å². The Bertz CT molecular complexity index is 834. The zero-order valence-corrected chi connectivity index (χ0v) is 16.5. The van der Waals surface area contributed by atoms with Crippen molar-refractivity contribution in [3.05, 3.63) is 47.8 Å². The SMILES string of the molecule is COc1cccc(OC)c1C(N)=O.Fc1ccc2c(c1)NC(NC1CCCC1)O2. The number of methoxy groups -OCH3 is 2. The predicted molar refractivity (Wildman–Crippen MR) is 108 cm³/mol. The first-order valence-electron chi connectivity index (χ1n) is 9.51. The van der Waals surface area contributed by atoms with Gasteiger partial charge in [-0.15, -0.1) is 0 Å². The minimum Gasteiger partial charge on any atom is -0.496 e. The van der Waals surface area contributed by atoms with Crippen molar-refractivity contribution < 1.29 is 23.4 Å². The summed E-state index contributed by atoms with van der Waals surface area (Å²) in [6.45, 7) is 0. The van der Waals surface area contributed by atoms with Crippen LogP contribution in [0, 0.1) is 5.82 Å². The Morgan fingerprint density at radius 3 is 2.41 bits per heavy atom. The van der Waals surface area contributed by atoms with Crippen LogP contribution >= 0.6 is 0 Å². The second kappa shape index (κ2) is 9.47. The summed E-state index contributed by atoms with van der Waals surface area (Å²) >= 11 is 0. The molecule has 2 aliphatic rings. The molecule has 0 spiro atoms. The van der Waals surface area contributed by atoms with Gasteiger partial charge >= 0.3 is 0 Å². The number of nitrogens with one attached hydrogen (secondary N) is 2. The molecule has 4 rings (SSSR count). The van der Waals surface area contributed by atoms with Crippen molar-refractivity contribution in [2.75, 3.05) is 19.5 Å². The Morgan fingerprint density at radius 2 is 1.83 bits per heavy atom. The first-order valence-corrected chi connectivity index (χ1v) is 9.51. The maximum atomic E-state index is 13.0. The molecule has 1 aliphatic carbocycles. The zero-order valence-electron chi connectivity index (χ0n) is 16.5. The third kappa shape index (κ3) is 5.08. The van der Waals surface area contributed by atoms with Gasteiger partial charge in [0.15, 0.2) is 0 Å². The summed E-state index contributed by atoms with van der Waals surface area (Å²) in [6, 6.07) is 10.1. The Balaban J connectivity index is 0.000000170. The van der Waals surface area contributed by atoms with Gasteiger partial charge in [0.05, 0.1) is 19.9 Å². The predicted octanol–water partition coefficient (Wildman–Crippen LogP) is 3.25. The molecule has 0 saturated heterocycles. The van der Waals surface area contributed by atoms with Crippen molar-refractivity contribution in [1.29, 1.82) is 0 Å². The highest BCUT2D eigenvalue weighted by Gasteiger charge is 2.25. The maximum absolute atomic E-state index is 13.0. The van der Waals surface area contributed by atoms with Gasteiger partial charge in [0.2, 0.25) is 6.35 Å². The number of rotatable bonds is 5. The number of amides is 1. The largest absolute Gasteiger partial charge is 0.496 e. The number of halogens is 1. The van der Waals surface area contributed by atoms with Gasteiger partial charge in [-0.25, -0.2) is 4.39 Å². The lowest BCUT2D eigenvalue weighted by molar-refractivity contribution is 0.0994. The number of benzene rings is 2. The Hall–Kier alpha value is -3.00. The number of hydrogen-bond acceptors (Lipinski definition) is 6. The van der Waals surface area contributed by atoms with Gasteiger partial charge in [-0.1, -0.05) is 18.9 Å². The smallest absolute Gasteiger partial charge is 0.256 e. The third-order valence-electron chi connectivity index (χ3n) is 4.89. The van der Waals surface area contributed by atoms with E-state index in [1.165, 1.54) is 52.0 Å². The Labute approximate surface area is 169 Å². The molecule has 7 nitrogen and oxygen atoms in total. The molecule has 0 bridgehead atoms. The number of nitrogens with two attached hydrogens (primary N) is 1. The molecule has 0 radical (unpaired) electrons. The van der Waals surface area contributed by atoms with Gasteiger partial charge in [-0.2, -0.15) is 0 Å². The van der Waals surface area contributed by atoms with Gasteiger partial charge in [-0.3, -0.25) is 10.1 Å². The van der Waals surface area contributed by atoms with E-state index in [1.807, 2.05) is 0 Å². The molecular formula is C21H26FN3O4. The number of primary amides is 1. The van der Waals surface area contributed by atoms with E-state index >= 15 is 0 Å². The van der Waals surface area contributed by atoms with Crippen molar-refractivity contribution in [3.8, 4) is 17.2 Å². The standard InChI is InChI=1S/C12H15FN2O.C9H11NO3/c13-8-5-6-11-10(7-8)15-12(16-11)14-9-3-1-2-4-9;1-12-6-4-3-5-7(13-2)8(6)9(10)11/h5-7,9,12,14-15H,1-4H2;3-5H,1-2H3,(H2,10,11). The van der Waals surface area contributed by atoms with E-state index in [9.17, 15) is 9.18 Å². The third-order valence-corrected chi connectivity index (χ3v) is 4.89. The highest BCUT2D eigenvalue weighted by Crippen LogP contribution is 2.32. The van der Waals surface area contributed by atoms with Gasteiger partial charge < -0.3 is 25.3 Å². The van der Waals surface area contributed by atoms with E-state index < -0.39 is 5.91 Å². The first kappa shape index (κ1) is 20.7. The number of carbonyl (C=O) groups is 1. The zero-order chi connectivity index (χ0) is 20.8. The van der Waals surface area contributed by atoms with Crippen LogP contribution in [0.25, 0.3) is 0 Å². The van der Waals surface area contributed by atoms with Crippen molar-refractivity contribution in [1.82, 2.24) is 5.32 Å². The molecule has 8 heteroatoms. The Kier molecular flexibility index (Phi) is 6.77. The molecular weight excluding hydrogens is 377 g/mol. The van der Waals surface area contributed by atoms with Gasteiger partial charge in [0.1, 0.15) is 28.6 Å². The fraction of sp³-hybridized carbons (Fsp3) is 0.381. The van der Waals surface area contributed by atoms with Crippen LogP contribution in [0.2, 0.25) is 0 Å². The lowest BCUT2D eigenvalue weighted by Gasteiger charge is -2.18. The van der Waals surface area contributed by atoms with Crippen LogP contribution in [0.5, 0.6) is 17.2 Å². The van der Waals surface area contributed by atoms with E-state index in [0.29, 0.717) is 17.5 Å². The van der Waals surface area contributed by atoms with Crippen LogP contribution in [0.1, 0.15) is 36.0 Å². The number of carbonyl (C=O) groups excluding carboxylic acids is 1. The lowest BCUT2D eigenvalue weighted by atomic mass is 10.1. The molecule has 1 unspecified atom stereocenters. The molecule has 2 aromatic carbocycles. The van der Waals surface area contributed by atoms with Crippen LogP contribution < -0.4 is 30.6 Å². The van der Waals surface area contributed by atoms with Gasteiger partial charge in [-0.05, 0) is 37.1 Å². The molecule has 1 fully saturated rings. The second-order valence-corrected chi connectivity index (χ2v) is 6.83. The summed E-state index contributed by atoms with van der Waals surface area (Å²) in [4.78, 5) is 11.0. The molecule has 29 heavy (non-hydrogen) atoms. The van der Waals surface area contributed by atoms with Crippen LogP contribution in [0.15, 0.2) is 36.4 Å². The quantitative estimate of drug-likeness (QED) is 0.709. The maximum Gasteiger partial charge on any atom is 0.256 e. The van der Waals surface area contributed by atoms with Crippen LogP contribution in [-0.2, 0) is 0 Å². The number of hydrogen-bond donors (Lipinski definition) is 3. The van der Waals surface area contributed by atoms with Crippen LogP contribution in [0.4, 0.5) is 10.1 Å². The summed E-state index contributed by atoms with van der Waals surface area (Å²) in [5.41, 5.74) is 6.17. The lowest BCUT2D eigenvalue weighted by Crippen LogP contribution is -2.43. The summed E-state index contributed by atoms with van der Waals surface area (Å²) in [5.74, 6) is 0.765. The molecule has 1 atom stereocenters. The topological polar surface area (TPSA) is 94.8 Å². The molecule has 1 amide bonds. The highest BCUT2D eigenvalue weighted by atomic mass is 19.1. The van der Waals surface area contributed by atoms with E-state index in [2.05, 4.69) is 10.6 Å². The highest BCUT2D eigenvalue weighted by molar-refractivity contribution is 5.98. The number of anilines is 1. The first-order chi connectivity index (χ1) is 14.0. The minimum atomic E-state index is -0.561. The number of ether oxygens (including phenoxy) is 3. The molecule has 4 N–H and O–H groups in total. The molecule has 2 aromatic rings. The molecule has 0 aromatic heterocycles. The van der Waals surface area contributed by atoms with E-state index in [1.54, 1.807) is 24.3 Å². The van der Waals surface area contributed by atoms with Crippen molar-refractivity contribution in [3.63, 3.8) is 0 Å². The normalized spacial score (nSPS) is 17.4. The molecule has 1 heterocycles. The average molecular weight is 403 g/mol. The van der Waals surface area contributed by atoms with E-state index in [4.69, 9.17) is 19.9 Å².